The lowest BCUT2D eigenvalue weighted by molar-refractivity contribution is -0.0617. The summed E-state index contributed by atoms with van der Waals surface area (Å²) in [6.07, 6.45) is 3.87. The summed E-state index contributed by atoms with van der Waals surface area (Å²) in [5, 5.41) is 13.8. The van der Waals surface area contributed by atoms with Crippen LogP contribution in [-0.4, -0.2) is 44.1 Å². The van der Waals surface area contributed by atoms with Gasteiger partial charge in [-0.1, -0.05) is 12.1 Å². The number of rotatable bonds is 4. The lowest BCUT2D eigenvalue weighted by Gasteiger charge is -2.32. The van der Waals surface area contributed by atoms with Gasteiger partial charge in [0.05, 0.1) is 5.60 Å². The van der Waals surface area contributed by atoms with Crippen molar-refractivity contribution in [2.24, 2.45) is 0 Å². The van der Waals surface area contributed by atoms with Crippen molar-refractivity contribution in [3.63, 3.8) is 0 Å². The normalized spacial score (nSPS) is 21.1. The van der Waals surface area contributed by atoms with Crippen LogP contribution in [-0.2, 0) is 17.7 Å². The highest BCUT2D eigenvalue weighted by atomic mass is 16.5. The Labute approximate surface area is 127 Å². The Morgan fingerprint density at radius 1 is 1.33 bits per heavy atom. The SMILES string of the molecule is CN1CCCc2cc(CNCC3(O)CCOCC3)ccc21. The van der Waals surface area contributed by atoms with Crippen LogP contribution in [0.15, 0.2) is 18.2 Å². The molecule has 1 fully saturated rings. The van der Waals surface area contributed by atoms with Crippen LogP contribution in [0.5, 0.6) is 0 Å². The molecule has 0 bridgehead atoms. The first-order valence-corrected chi connectivity index (χ1v) is 8.00. The van der Waals surface area contributed by atoms with E-state index >= 15 is 0 Å². The zero-order chi connectivity index (χ0) is 14.7. The summed E-state index contributed by atoms with van der Waals surface area (Å²) in [6.45, 7) is 3.96. The molecule has 0 saturated carbocycles. The molecule has 4 nitrogen and oxygen atoms in total. The maximum absolute atomic E-state index is 10.4. The van der Waals surface area contributed by atoms with Crippen LogP contribution in [0.2, 0.25) is 0 Å². The predicted octanol–water partition coefficient (Wildman–Crippen LogP) is 1.70. The third kappa shape index (κ3) is 3.57. The fourth-order valence-electron chi connectivity index (χ4n) is 3.32. The van der Waals surface area contributed by atoms with Crippen molar-refractivity contribution in [3.05, 3.63) is 29.3 Å². The highest BCUT2D eigenvalue weighted by Crippen LogP contribution is 2.27. The van der Waals surface area contributed by atoms with Crippen molar-refractivity contribution in [2.45, 2.75) is 37.8 Å². The number of anilines is 1. The highest BCUT2D eigenvalue weighted by Gasteiger charge is 2.29. The summed E-state index contributed by atoms with van der Waals surface area (Å²) < 4.78 is 5.31. The number of aliphatic hydroxyl groups is 1. The average molecular weight is 290 g/mol. The second kappa shape index (κ2) is 6.34. The molecule has 4 heteroatoms. The van der Waals surface area contributed by atoms with Crippen LogP contribution < -0.4 is 10.2 Å². The van der Waals surface area contributed by atoms with E-state index in [1.165, 1.54) is 29.7 Å². The summed E-state index contributed by atoms with van der Waals surface area (Å²) in [4.78, 5) is 2.33. The van der Waals surface area contributed by atoms with Crippen molar-refractivity contribution < 1.29 is 9.84 Å². The Morgan fingerprint density at radius 2 is 2.14 bits per heavy atom. The van der Waals surface area contributed by atoms with E-state index in [4.69, 9.17) is 4.74 Å². The minimum atomic E-state index is -0.591. The van der Waals surface area contributed by atoms with Crippen LogP contribution in [0.4, 0.5) is 5.69 Å². The molecule has 1 aromatic rings. The molecule has 0 spiro atoms. The molecule has 1 saturated heterocycles. The summed E-state index contributed by atoms with van der Waals surface area (Å²) in [5.41, 5.74) is 3.53. The van der Waals surface area contributed by atoms with E-state index in [1.807, 2.05) is 0 Å². The highest BCUT2D eigenvalue weighted by molar-refractivity contribution is 5.56. The topological polar surface area (TPSA) is 44.7 Å². The molecular weight excluding hydrogens is 264 g/mol. The van der Waals surface area contributed by atoms with Crippen molar-refractivity contribution in [3.8, 4) is 0 Å². The fraction of sp³-hybridized carbons (Fsp3) is 0.647. The number of aryl methyl sites for hydroxylation is 1. The molecule has 2 N–H and O–H groups in total. The molecular formula is C17H26N2O2. The molecule has 0 aromatic heterocycles. The predicted molar refractivity (Wildman–Crippen MR) is 84.7 cm³/mol. The zero-order valence-corrected chi connectivity index (χ0v) is 12.9. The van der Waals surface area contributed by atoms with Crippen molar-refractivity contribution in [1.29, 1.82) is 0 Å². The van der Waals surface area contributed by atoms with Gasteiger partial charge < -0.3 is 20.1 Å². The molecule has 0 radical (unpaired) electrons. The number of nitrogens with one attached hydrogen (secondary N) is 1. The Kier molecular flexibility index (Phi) is 4.48. The average Bonchev–Trinajstić information content (AvgIpc) is 2.48. The third-order valence-corrected chi connectivity index (χ3v) is 4.70. The first-order chi connectivity index (χ1) is 10.2. The number of nitrogens with zero attached hydrogens (tertiary/aromatic N) is 1. The molecule has 2 aliphatic heterocycles. The molecule has 0 unspecified atom stereocenters. The standard InChI is InChI=1S/C17H26N2O2/c1-19-8-2-3-15-11-14(4-5-16(15)19)12-18-13-17(20)6-9-21-10-7-17/h4-5,11,18,20H,2-3,6-10,12-13H2,1H3. The lowest BCUT2D eigenvalue weighted by atomic mass is 9.94. The van der Waals surface area contributed by atoms with Gasteiger partial charge in [-0.3, -0.25) is 0 Å². The Bertz CT molecular complexity index is 484. The Morgan fingerprint density at radius 3 is 2.95 bits per heavy atom. The van der Waals surface area contributed by atoms with E-state index in [-0.39, 0.29) is 0 Å². The molecule has 2 heterocycles. The van der Waals surface area contributed by atoms with Crippen LogP contribution in [0.3, 0.4) is 0 Å². The number of fused-ring (bicyclic) bond motifs is 1. The van der Waals surface area contributed by atoms with Crippen LogP contribution in [0.25, 0.3) is 0 Å². The van der Waals surface area contributed by atoms with Crippen LogP contribution >= 0.6 is 0 Å². The van der Waals surface area contributed by atoms with E-state index in [2.05, 4.69) is 35.5 Å². The van der Waals surface area contributed by atoms with Gasteiger partial charge in [0.15, 0.2) is 0 Å². The molecule has 0 amide bonds. The minimum Gasteiger partial charge on any atom is -0.388 e. The zero-order valence-electron chi connectivity index (χ0n) is 12.9. The molecule has 0 atom stereocenters. The van der Waals surface area contributed by atoms with Gasteiger partial charge >= 0.3 is 0 Å². The summed E-state index contributed by atoms with van der Waals surface area (Å²) in [7, 11) is 2.16. The van der Waals surface area contributed by atoms with Gasteiger partial charge in [0.2, 0.25) is 0 Å². The maximum atomic E-state index is 10.4. The second-order valence-corrected chi connectivity index (χ2v) is 6.43. The third-order valence-electron chi connectivity index (χ3n) is 4.70. The van der Waals surface area contributed by atoms with Gasteiger partial charge in [0, 0.05) is 58.4 Å². The lowest BCUT2D eigenvalue weighted by Crippen LogP contribution is -2.44. The minimum absolute atomic E-state index is 0.591. The number of ether oxygens (including phenoxy) is 1. The quantitative estimate of drug-likeness (QED) is 0.886. The van der Waals surface area contributed by atoms with E-state index in [1.54, 1.807) is 0 Å². The summed E-state index contributed by atoms with van der Waals surface area (Å²) in [6, 6.07) is 6.74. The van der Waals surface area contributed by atoms with Gasteiger partial charge in [0.1, 0.15) is 0 Å². The number of benzene rings is 1. The van der Waals surface area contributed by atoms with E-state index < -0.39 is 5.60 Å². The molecule has 3 rings (SSSR count). The molecule has 21 heavy (non-hydrogen) atoms. The summed E-state index contributed by atoms with van der Waals surface area (Å²) >= 11 is 0. The second-order valence-electron chi connectivity index (χ2n) is 6.43. The maximum Gasteiger partial charge on any atom is 0.0815 e. The van der Waals surface area contributed by atoms with Crippen molar-refractivity contribution in [1.82, 2.24) is 5.32 Å². The first-order valence-electron chi connectivity index (χ1n) is 8.00. The first kappa shape index (κ1) is 14.8. The van der Waals surface area contributed by atoms with Gasteiger partial charge in [-0.05, 0) is 30.0 Å². The van der Waals surface area contributed by atoms with Gasteiger partial charge in [0.25, 0.3) is 0 Å². The van der Waals surface area contributed by atoms with Crippen molar-refractivity contribution >= 4 is 5.69 Å². The summed E-state index contributed by atoms with van der Waals surface area (Å²) in [5.74, 6) is 0. The number of hydrogen-bond donors (Lipinski definition) is 2. The van der Waals surface area contributed by atoms with Gasteiger partial charge in [-0.25, -0.2) is 0 Å². The van der Waals surface area contributed by atoms with Crippen molar-refractivity contribution in [2.75, 3.05) is 38.3 Å². The van der Waals surface area contributed by atoms with Crippen LogP contribution in [0, 0.1) is 0 Å². The van der Waals surface area contributed by atoms with E-state index in [9.17, 15) is 5.11 Å². The Hall–Kier alpha value is -1.10. The van der Waals surface area contributed by atoms with E-state index in [0.29, 0.717) is 19.8 Å². The molecule has 116 valence electrons. The van der Waals surface area contributed by atoms with E-state index in [0.717, 1.165) is 25.9 Å². The molecule has 0 aliphatic carbocycles. The van der Waals surface area contributed by atoms with Gasteiger partial charge in [-0.2, -0.15) is 0 Å². The molecule has 1 aromatic carbocycles. The largest absolute Gasteiger partial charge is 0.388 e. The monoisotopic (exact) mass is 290 g/mol. The number of hydrogen-bond acceptors (Lipinski definition) is 4. The van der Waals surface area contributed by atoms with Crippen LogP contribution in [0.1, 0.15) is 30.4 Å². The fourth-order valence-corrected chi connectivity index (χ4v) is 3.32. The Balaban J connectivity index is 1.56. The molecule has 2 aliphatic rings. The smallest absolute Gasteiger partial charge is 0.0815 e. The van der Waals surface area contributed by atoms with Gasteiger partial charge in [-0.15, -0.1) is 0 Å².